The van der Waals surface area contributed by atoms with E-state index >= 15 is 0 Å². The van der Waals surface area contributed by atoms with E-state index in [9.17, 15) is 9.59 Å². The molecule has 1 fully saturated rings. The first-order valence-electron chi connectivity index (χ1n) is 12.3. The second kappa shape index (κ2) is 11.2. The Kier molecular flexibility index (Phi) is 8.05. The zero-order chi connectivity index (χ0) is 24.1. The first kappa shape index (κ1) is 24.5. The highest BCUT2D eigenvalue weighted by molar-refractivity contribution is 7.71. The summed E-state index contributed by atoms with van der Waals surface area (Å²) in [6, 6.07) is 6.28. The molecule has 1 amide bonds. The summed E-state index contributed by atoms with van der Waals surface area (Å²) in [4.78, 5) is 34.2. The average Bonchev–Trinajstić information content (AvgIpc) is 3.20. The molecule has 0 unspecified atom stereocenters. The first-order chi connectivity index (χ1) is 16.5. The van der Waals surface area contributed by atoms with Crippen LogP contribution in [0.4, 0.5) is 0 Å². The highest BCUT2D eigenvalue weighted by Crippen LogP contribution is 2.26. The van der Waals surface area contributed by atoms with E-state index in [2.05, 4.69) is 27.1 Å². The number of fused-ring (bicyclic) bond motifs is 3. The van der Waals surface area contributed by atoms with Crippen molar-refractivity contribution in [2.24, 2.45) is 0 Å². The number of methoxy groups -OCH3 is 1. The quantitative estimate of drug-likeness (QED) is 0.297. The summed E-state index contributed by atoms with van der Waals surface area (Å²) in [6.07, 6.45) is 6.74. The van der Waals surface area contributed by atoms with Gasteiger partial charge in [-0.25, -0.2) is 0 Å². The van der Waals surface area contributed by atoms with Crippen molar-refractivity contribution in [2.75, 3.05) is 26.7 Å². The molecule has 0 saturated carbocycles. The van der Waals surface area contributed by atoms with Gasteiger partial charge >= 0.3 is 0 Å². The van der Waals surface area contributed by atoms with Crippen LogP contribution in [0.1, 0.15) is 51.9 Å². The van der Waals surface area contributed by atoms with E-state index < -0.39 is 0 Å². The molecule has 2 aromatic heterocycles. The predicted molar refractivity (Wildman–Crippen MR) is 138 cm³/mol. The average molecular weight is 486 g/mol. The lowest BCUT2D eigenvalue weighted by atomic mass is 10.0. The summed E-state index contributed by atoms with van der Waals surface area (Å²) in [6.45, 7) is 5.71. The zero-order valence-electron chi connectivity index (χ0n) is 20.1. The lowest BCUT2D eigenvalue weighted by molar-refractivity contribution is -0.121. The van der Waals surface area contributed by atoms with Crippen LogP contribution in [0.25, 0.3) is 21.9 Å². The van der Waals surface area contributed by atoms with E-state index in [-0.39, 0.29) is 11.5 Å². The molecule has 1 aliphatic rings. The van der Waals surface area contributed by atoms with Crippen molar-refractivity contribution in [3.63, 3.8) is 0 Å². The van der Waals surface area contributed by atoms with Gasteiger partial charge in [0.2, 0.25) is 5.91 Å². The van der Waals surface area contributed by atoms with E-state index in [1.54, 1.807) is 11.7 Å². The van der Waals surface area contributed by atoms with Crippen LogP contribution in [0.3, 0.4) is 0 Å². The number of hydrogen-bond donors (Lipinski definition) is 3. The molecule has 4 rings (SSSR count). The molecule has 0 radical (unpaired) electrons. The molecular formula is C25H35N5O3S. The van der Waals surface area contributed by atoms with Crippen LogP contribution in [-0.2, 0) is 11.3 Å². The molecule has 0 spiro atoms. The molecule has 0 aliphatic carbocycles. The molecule has 0 bridgehead atoms. The molecule has 9 heteroatoms. The maximum absolute atomic E-state index is 13.1. The van der Waals surface area contributed by atoms with Gasteiger partial charge in [0.05, 0.1) is 12.6 Å². The third-order valence-electron chi connectivity index (χ3n) is 6.86. The van der Waals surface area contributed by atoms with Crippen molar-refractivity contribution in [2.45, 2.75) is 64.5 Å². The van der Waals surface area contributed by atoms with Gasteiger partial charge in [-0.2, -0.15) is 0 Å². The summed E-state index contributed by atoms with van der Waals surface area (Å²) >= 11 is 5.47. The largest absolute Gasteiger partial charge is 0.497 e. The third kappa shape index (κ3) is 5.52. The number of amides is 1. The Balaban J connectivity index is 1.26. The van der Waals surface area contributed by atoms with E-state index in [0.717, 1.165) is 29.6 Å². The molecule has 1 aliphatic heterocycles. The number of H-pyrrole nitrogens is 2. The van der Waals surface area contributed by atoms with Crippen LogP contribution < -0.4 is 15.6 Å². The summed E-state index contributed by atoms with van der Waals surface area (Å²) < 4.78 is 7.26. The topological polar surface area (TPSA) is 95.2 Å². The number of nitrogens with zero attached hydrogens (tertiary/aromatic N) is 2. The molecule has 34 heavy (non-hydrogen) atoms. The Bertz CT molecular complexity index is 1260. The van der Waals surface area contributed by atoms with Crippen LogP contribution in [0.5, 0.6) is 5.75 Å². The van der Waals surface area contributed by atoms with Crippen LogP contribution >= 0.6 is 12.2 Å². The smallest absolute Gasteiger partial charge is 0.278 e. The van der Waals surface area contributed by atoms with Crippen molar-refractivity contribution < 1.29 is 9.53 Å². The van der Waals surface area contributed by atoms with Gasteiger partial charge in [-0.05, 0) is 76.0 Å². The monoisotopic (exact) mass is 485 g/mol. The number of carbonyl (C=O) groups excluding carboxylic acids is 1. The van der Waals surface area contributed by atoms with Crippen LogP contribution in [0, 0.1) is 4.77 Å². The predicted octanol–water partition coefficient (Wildman–Crippen LogP) is 4.10. The summed E-state index contributed by atoms with van der Waals surface area (Å²) in [5.41, 5.74) is 1.89. The van der Waals surface area contributed by atoms with Crippen LogP contribution in [0.2, 0.25) is 0 Å². The number of unbranched alkanes of at least 4 members (excludes halogenated alkanes) is 1. The Morgan fingerprint density at radius 2 is 2.03 bits per heavy atom. The highest BCUT2D eigenvalue weighted by Gasteiger charge is 2.17. The number of piperidine rings is 1. The number of likely N-dealkylation sites (tertiary alicyclic amines) is 1. The Hall–Kier alpha value is -2.65. The van der Waals surface area contributed by atoms with Crippen molar-refractivity contribution in [1.82, 2.24) is 24.8 Å². The number of aromatic amines is 2. The number of ether oxygens (including phenoxy) is 1. The number of aromatic nitrogens is 3. The van der Waals surface area contributed by atoms with Gasteiger partial charge in [-0.3, -0.25) is 14.2 Å². The lowest BCUT2D eigenvalue weighted by Crippen LogP contribution is -2.39. The van der Waals surface area contributed by atoms with Gasteiger partial charge in [0.25, 0.3) is 5.56 Å². The van der Waals surface area contributed by atoms with Crippen molar-refractivity contribution >= 4 is 40.1 Å². The number of hydrogen-bond acceptors (Lipinski definition) is 5. The molecule has 184 valence electrons. The van der Waals surface area contributed by atoms with Gasteiger partial charge in [0.1, 0.15) is 11.3 Å². The molecule has 1 saturated heterocycles. The molecule has 1 atom stereocenters. The van der Waals surface area contributed by atoms with Crippen molar-refractivity contribution in [3.8, 4) is 5.75 Å². The van der Waals surface area contributed by atoms with Gasteiger partial charge in [-0.15, -0.1) is 0 Å². The Labute approximate surface area is 204 Å². The van der Waals surface area contributed by atoms with Gasteiger partial charge < -0.3 is 24.9 Å². The van der Waals surface area contributed by atoms with Crippen LogP contribution in [0.15, 0.2) is 23.0 Å². The summed E-state index contributed by atoms with van der Waals surface area (Å²) in [5.74, 6) is 0.792. The van der Waals surface area contributed by atoms with Gasteiger partial charge in [0, 0.05) is 43.0 Å². The number of nitrogens with one attached hydrogen (secondary N) is 3. The lowest BCUT2D eigenvalue weighted by Gasteiger charge is -2.33. The number of carbonyl (C=O) groups is 1. The summed E-state index contributed by atoms with van der Waals surface area (Å²) in [7, 11) is 1.61. The molecular weight excluding hydrogens is 450 g/mol. The van der Waals surface area contributed by atoms with E-state index in [4.69, 9.17) is 17.0 Å². The molecule has 1 aromatic carbocycles. The fraction of sp³-hybridized carbons (Fsp3) is 0.560. The van der Waals surface area contributed by atoms with Crippen molar-refractivity contribution in [3.05, 3.63) is 33.3 Å². The Morgan fingerprint density at radius 3 is 2.82 bits per heavy atom. The van der Waals surface area contributed by atoms with Crippen LogP contribution in [-0.4, -0.2) is 58.1 Å². The minimum Gasteiger partial charge on any atom is -0.497 e. The SMILES string of the molecule is COc1ccc2[nH]c3c(=O)n(CCCCC(=O)NCCCN4CCCC[C@H]4C)c(=S)[nH]c3c2c1. The number of rotatable bonds is 10. The maximum atomic E-state index is 13.1. The second-order valence-corrected chi connectivity index (χ2v) is 9.60. The van der Waals surface area contributed by atoms with E-state index in [1.807, 2.05) is 18.2 Å². The van der Waals surface area contributed by atoms with Gasteiger partial charge in [0.15, 0.2) is 4.77 Å². The fourth-order valence-electron chi connectivity index (χ4n) is 4.84. The Morgan fingerprint density at radius 1 is 1.18 bits per heavy atom. The molecule has 3 aromatic rings. The third-order valence-corrected chi connectivity index (χ3v) is 7.18. The molecule has 3 N–H and O–H groups in total. The van der Waals surface area contributed by atoms with Crippen molar-refractivity contribution in [1.29, 1.82) is 0 Å². The zero-order valence-corrected chi connectivity index (χ0v) is 20.9. The molecule has 8 nitrogen and oxygen atoms in total. The second-order valence-electron chi connectivity index (χ2n) is 9.21. The van der Waals surface area contributed by atoms with Gasteiger partial charge in [-0.1, -0.05) is 6.42 Å². The molecule has 3 heterocycles. The summed E-state index contributed by atoms with van der Waals surface area (Å²) in [5, 5.41) is 3.90. The standard InChI is InChI=1S/C25H35N5O3S/c1-17-8-3-5-13-29(17)14-7-12-26-21(31)9-4-6-15-30-24(32)23-22(28-25(30)34)19-16-18(33-2)10-11-20(19)27-23/h10-11,16-17,27H,3-9,12-15H2,1-2H3,(H,26,31)(H,28,34)/t17-/m1/s1. The minimum absolute atomic E-state index is 0.0733. The van der Waals surface area contributed by atoms with E-state index in [0.29, 0.717) is 54.2 Å². The minimum atomic E-state index is -0.148. The first-order valence-corrected chi connectivity index (χ1v) is 12.7. The normalized spacial score (nSPS) is 16.8. The fourth-order valence-corrected chi connectivity index (χ4v) is 5.11. The maximum Gasteiger partial charge on any atom is 0.278 e. The highest BCUT2D eigenvalue weighted by atomic mass is 32.1. The van der Waals surface area contributed by atoms with E-state index in [1.165, 1.54) is 25.8 Å². The number of benzene rings is 1.